The molecule has 0 saturated carbocycles. The summed E-state index contributed by atoms with van der Waals surface area (Å²) < 4.78 is 0. The van der Waals surface area contributed by atoms with E-state index in [4.69, 9.17) is 10.7 Å². The summed E-state index contributed by atoms with van der Waals surface area (Å²) in [6.45, 7) is 1.95. The first kappa shape index (κ1) is 26.3. The van der Waals surface area contributed by atoms with Crippen LogP contribution in [-0.4, -0.2) is 64.6 Å². The Kier molecular flexibility index (Phi) is 9.21. The number of piperidine rings is 1. The van der Waals surface area contributed by atoms with E-state index in [1.807, 2.05) is 36.4 Å². The summed E-state index contributed by atoms with van der Waals surface area (Å²) in [7, 11) is 0. The van der Waals surface area contributed by atoms with Gasteiger partial charge in [0.05, 0.1) is 11.3 Å². The van der Waals surface area contributed by atoms with Gasteiger partial charge in [-0.25, -0.2) is 9.97 Å². The van der Waals surface area contributed by atoms with Crippen LogP contribution in [0.1, 0.15) is 40.0 Å². The highest BCUT2D eigenvalue weighted by atomic mass is 16.4. The first-order chi connectivity index (χ1) is 18.0. The molecule has 4 rings (SSSR count). The molecule has 8 heteroatoms. The van der Waals surface area contributed by atoms with Crippen LogP contribution in [0.25, 0.3) is 0 Å². The molecule has 1 amide bonds. The van der Waals surface area contributed by atoms with Gasteiger partial charge < -0.3 is 20.6 Å². The largest absolute Gasteiger partial charge is 0.480 e. The highest BCUT2D eigenvalue weighted by molar-refractivity contribution is 5.96. The fraction of sp³-hybridized carbons (Fsp3) is 0.379. The van der Waals surface area contributed by atoms with Gasteiger partial charge in [-0.15, -0.1) is 0 Å². The second-order valence-electron chi connectivity index (χ2n) is 9.55. The van der Waals surface area contributed by atoms with E-state index >= 15 is 0 Å². The topological polar surface area (TPSA) is 113 Å². The average Bonchev–Trinajstić information content (AvgIpc) is 2.92. The maximum absolute atomic E-state index is 13.4. The Morgan fingerprint density at radius 1 is 0.973 bits per heavy atom. The third-order valence-corrected chi connectivity index (χ3v) is 6.86. The van der Waals surface area contributed by atoms with E-state index < -0.39 is 5.97 Å². The number of hydrogen-bond donors (Lipinski definition) is 2. The minimum absolute atomic E-state index is 0.286. The lowest BCUT2D eigenvalue weighted by molar-refractivity contribution is -0.137. The summed E-state index contributed by atoms with van der Waals surface area (Å²) in [6.07, 6.45) is 5.70. The summed E-state index contributed by atoms with van der Waals surface area (Å²) in [5, 5.41) is 9.43. The van der Waals surface area contributed by atoms with Crippen LogP contribution in [0.15, 0.2) is 66.9 Å². The molecule has 1 fully saturated rings. The van der Waals surface area contributed by atoms with Crippen LogP contribution in [0.5, 0.6) is 0 Å². The van der Waals surface area contributed by atoms with Crippen LogP contribution >= 0.6 is 0 Å². The number of amides is 1. The molecule has 8 nitrogen and oxygen atoms in total. The van der Waals surface area contributed by atoms with Crippen molar-refractivity contribution < 1.29 is 14.7 Å². The van der Waals surface area contributed by atoms with E-state index in [-0.39, 0.29) is 19.0 Å². The first-order valence-electron chi connectivity index (χ1n) is 12.9. The van der Waals surface area contributed by atoms with Gasteiger partial charge in [0.15, 0.2) is 0 Å². The van der Waals surface area contributed by atoms with Gasteiger partial charge in [0.1, 0.15) is 6.54 Å². The monoisotopic (exact) mass is 501 g/mol. The molecule has 3 N–H and O–H groups in total. The zero-order chi connectivity index (χ0) is 26.0. The Labute approximate surface area is 218 Å². The third kappa shape index (κ3) is 7.36. The van der Waals surface area contributed by atoms with Gasteiger partial charge in [-0.2, -0.15) is 0 Å². The van der Waals surface area contributed by atoms with Crippen LogP contribution in [0, 0.1) is 5.92 Å². The molecule has 0 spiro atoms. The number of nitrogens with two attached hydrogens (primary N) is 1. The highest BCUT2D eigenvalue weighted by Crippen LogP contribution is 2.25. The number of carboxylic acids is 1. The van der Waals surface area contributed by atoms with E-state index in [9.17, 15) is 14.7 Å². The summed E-state index contributed by atoms with van der Waals surface area (Å²) in [5.41, 5.74) is 9.14. The molecular formula is C29H35N5O3. The third-order valence-electron chi connectivity index (χ3n) is 6.86. The molecule has 0 atom stereocenters. The van der Waals surface area contributed by atoms with Crippen LogP contribution in [0.2, 0.25) is 0 Å². The molecule has 1 aromatic heterocycles. The Morgan fingerprint density at radius 3 is 2.24 bits per heavy atom. The number of hydrogen-bond acceptors (Lipinski definition) is 6. The van der Waals surface area contributed by atoms with Crippen molar-refractivity contribution in [3.8, 4) is 0 Å². The lowest BCUT2D eigenvalue weighted by atomic mass is 9.90. The van der Waals surface area contributed by atoms with Crippen LogP contribution < -0.4 is 10.6 Å². The number of carbonyl (C=O) groups is 2. The number of aromatic nitrogens is 2. The molecule has 0 unspecified atom stereocenters. The summed E-state index contributed by atoms with van der Waals surface area (Å²) in [5.74, 6) is -0.211. The van der Waals surface area contributed by atoms with E-state index in [2.05, 4.69) is 34.1 Å². The normalized spacial score (nSPS) is 13.9. The van der Waals surface area contributed by atoms with Crippen molar-refractivity contribution >= 4 is 17.8 Å². The number of anilines is 1. The Hall–Kier alpha value is -3.78. The van der Waals surface area contributed by atoms with Crippen molar-refractivity contribution in [2.24, 2.45) is 11.7 Å². The quantitative estimate of drug-likeness (QED) is 0.415. The number of carboxylic acid groups (broad SMARTS) is 1. The number of carbonyl (C=O) groups excluding carboxylic acids is 1. The number of benzene rings is 2. The maximum atomic E-state index is 13.4. The van der Waals surface area contributed by atoms with Gasteiger partial charge >= 0.3 is 5.97 Å². The summed E-state index contributed by atoms with van der Waals surface area (Å²) in [6, 6.07) is 20.3. The van der Waals surface area contributed by atoms with E-state index in [0.29, 0.717) is 42.5 Å². The summed E-state index contributed by atoms with van der Waals surface area (Å²) in [4.78, 5) is 37.7. The minimum atomic E-state index is -1.06. The fourth-order valence-corrected chi connectivity index (χ4v) is 4.84. The molecule has 2 heterocycles. The number of nitrogens with zero attached hydrogens (tertiary/aromatic N) is 4. The lowest BCUT2D eigenvalue weighted by Crippen LogP contribution is -2.39. The van der Waals surface area contributed by atoms with Gasteiger partial charge in [0, 0.05) is 32.3 Å². The fourth-order valence-electron chi connectivity index (χ4n) is 4.84. The van der Waals surface area contributed by atoms with Crippen molar-refractivity contribution in [1.29, 1.82) is 0 Å². The Bertz CT molecular complexity index is 1160. The molecule has 1 aliphatic rings. The van der Waals surface area contributed by atoms with Gasteiger partial charge in [-0.1, -0.05) is 60.7 Å². The smallest absolute Gasteiger partial charge is 0.323 e. The maximum Gasteiger partial charge on any atom is 0.323 e. The van der Waals surface area contributed by atoms with Gasteiger partial charge in [0.25, 0.3) is 5.91 Å². The SMILES string of the molecule is NCCc1nc(N2CCC(Cc3ccccc3)CC2)ncc1C(=O)N(CCc1ccccc1)CC(=O)O. The second kappa shape index (κ2) is 13.0. The standard InChI is InChI=1S/C29H35N5O3/c30-15-11-26-25(28(37)34(21-27(35)36)18-12-22-7-3-1-4-8-22)20-31-29(32-26)33-16-13-24(14-17-33)19-23-9-5-2-6-10-23/h1-10,20,24H,11-19,21,30H2,(H,35,36). The van der Waals surface area contributed by atoms with Crippen LogP contribution in [-0.2, 0) is 24.1 Å². The Balaban J connectivity index is 1.45. The average molecular weight is 502 g/mol. The van der Waals surface area contributed by atoms with Gasteiger partial charge in [-0.05, 0) is 49.3 Å². The van der Waals surface area contributed by atoms with Crippen molar-refractivity contribution in [3.05, 3.63) is 89.2 Å². The molecule has 2 aromatic carbocycles. The van der Waals surface area contributed by atoms with Gasteiger partial charge in [0.2, 0.25) is 5.95 Å². The molecular weight excluding hydrogens is 466 g/mol. The second-order valence-corrected chi connectivity index (χ2v) is 9.55. The molecule has 3 aromatic rings. The van der Waals surface area contributed by atoms with Crippen molar-refractivity contribution in [3.63, 3.8) is 0 Å². The molecule has 37 heavy (non-hydrogen) atoms. The molecule has 0 radical (unpaired) electrons. The van der Waals surface area contributed by atoms with Crippen molar-refractivity contribution in [2.45, 2.75) is 32.1 Å². The molecule has 1 saturated heterocycles. The number of rotatable bonds is 11. The summed E-state index contributed by atoms with van der Waals surface area (Å²) >= 11 is 0. The van der Waals surface area contributed by atoms with E-state index in [1.165, 1.54) is 10.5 Å². The van der Waals surface area contributed by atoms with E-state index in [0.717, 1.165) is 37.9 Å². The highest BCUT2D eigenvalue weighted by Gasteiger charge is 2.25. The molecule has 194 valence electrons. The van der Waals surface area contributed by atoms with Crippen LogP contribution in [0.3, 0.4) is 0 Å². The van der Waals surface area contributed by atoms with Crippen LogP contribution in [0.4, 0.5) is 5.95 Å². The van der Waals surface area contributed by atoms with E-state index in [1.54, 1.807) is 6.20 Å². The van der Waals surface area contributed by atoms with Crippen molar-refractivity contribution in [1.82, 2.24) is 14.9 Å². The molecule has 0 bridgehead atoms. The first-order valence-corrected chi connectivity index (χ1v) is 12.9. The van der Waals surface area contributed by atoms with Crippen molar-refractivity contribution in [2.75, 3.05) is 37.6 Å². The zero-order valence-electron chi connectivity index (χ0n) is 21.1. The predicted molar refractivity (Wildman–Crippen MR) is 144 cm³/mol. The number of aliphatic carboxylic acids is 1. The Morgan fingerprint density at radius 2 is 1.62 bits per heavy atom. The lowest BCUT2D eigenvalue weighted by Gasteiger charge is -2.32. The molecule has 1 aliphatic heterocycles. The predicted octanol–water partition coefficient (Wildman–Crippen LogP) is 3.21. The zero-order valence-corrected chi connectivity index (χ0v) is 21.1. The van der Waals surface area contributed by atoms with Gasteiger partial charge in [-0.3, -0.25) is 9.59 Å². The minimum Gasteiger partial charge on any atom is -0.480 e. The molecule has 0 aliphatic carbocycles.